The summed E-state index contributed by atoms with van der Waals surface area (Å²) in [4.78, 5) is 13.1. The molecule has 1 aromatic carbocycles. The molecule has 4 atom stereocenters. The molecule has 0 aliphatic heterocycles. The summed E-state index contributed by atoms with van der Waals surface area (Å²) in [6, 6.07) is 10.1. The molecule has 0 saturated heterocycles. The third-order valence-corrected chi connectivity index (χ3v) is 7.38. The number of amides is 1. The summed E-state index contributed by atoms with van der Waals surface area (Å²) in [7, 11) is 0. The van der Waals surface area contributed by atoms with Crippen LogP contribution in [0, 0.1) is 17.3 Å². The maximum absolute atomic E-state index is 13.2. The number of aromatic nitrogens is 2. The van der Waals surface area contributed by atoms with Gasteiger partial charge in [0.25, 0.3) is 0 Å². The van der Waals surface area contributed by atoms with Crippen molar-refractivity contribution >= 4 is 23.2 Å². The summed E-state index contributed by atoms with van der Waals surface area (Å²) in [5, 5.41) is 7.50. The van der Waals surface area contributed by atoms with Gasteiger partial charge in [-0.1, -0.05) is 30.3 Å². The molecule has 4 bridgehead atoms. The first-order chi connectivity index (χ1) is 14.0. The van der Waals surface area contributed by atoms with Crippen LogP contribution in [0.25, 0.3) is 0 Å². The van der Waals surface area contributed by atoms with E-state index in [4.69, 9.17) is 16.3 Å². The molecular weight excluding hydrogens is 386 g/mol. The first-order valence-corrected chi connectivity index (χ1v) is 11.0. The Balaban J connectivity index is 1.15. The maximum atomic E-state index is 13.2. The Hall–Kier alpha value is -1.85. The summed E-state index contributed by atoms with van der Waals surface area (Å²) < 4.78 is 7.55. The zero-order valence-electron chi connectivity index (χ0n) is 16.6. The van der Waals surface area contributed by atoms with Gasteiger partial charge in [0.2, 0.25) is 5.91 Å². The van der Waals surface area contributed by atoms with Crippen molar-refractivity contribution in [3.63, 3.8) is 0 Å². The minimum absolute atomic E-state index is 0.136. The van der Waals surface area contributed by atoms with Gasteiger partial charge < -0.3 is 10.1 Å². The van der Waals surface area contributed by atoms with Gasteiger partial charge in [-0.3, -0.25) is 9.48 Å². The molecule has 154 valence electrons. The molecule has 1 aromatic heterocycles. The fraction of sp³-hybridized carbons (Fsp3) is 0.565. The number of carbonyl (C=O) groups excluding carboxylic acids is 1. The molecule has 5 nitrogen and oxygen atoms in total. The SMILES string of the molecule is O=C(Nc1cnn(CCOCc2ccccc2)c1)C12C[C@@H]3C[C@@H](CC(Cl)(C3)C1)C2. The predicted molar refractivity (Wildman–Crippen MR) is 113 cm³/mol. The van der Waals surface area contributed by atoms with Crippen LogP contribution in [0.2, 0.25) is 0 Å². The average molecular weight is 414 g/mol. The average Bonchev–Trinajstić information content (AvgIpc) is 3.11. The second-order valence-corrected chi connectivity index (χ2v) is 10.2. The van der Waals surface area contributed by atoms with Crippen LogP contribution in [-0.2, 0) is 22.7 Å². The van der Waals surface area contributed by atoms with Crippen molar-refractivity contribution in [2.24, 2.45) is 17.3 Å². The molecular formula is C23H28ClN3O2. The number of benzene rings is 1. The van der Waals surface area contributed by atoms with Crippen molar-refractivity contribution in [3.05, 3.63) is 48.3 Å². The van der Waals surface area contributed by atoms with Gasteiger partial charge in [0, 0.05) is 11.1 Å². The summed E-state index contributed by atoms with van der Waals surface area (Å²) >= 11 is 6.88. The van der Waals surface area contributed by atoms with Crippen molar-refractivity contribution in [3.8, 4) is 0 Å². The molecule has 0 radical (unpaired) electrons. The van der Waals surface area contributed by atoms with Gasteiger partial charge in [0.15, 0.2) is 0 Å². The van der Waals surface area contributed by atoms with E-state index < -0.39 is 0 Å². The van der Waals surface area contributed by atoms with Crippen LogP contribution in [0.4, 0.5) is 5.69 Å². The van der Waals surface area contributed by atoms with E-state index in [1.165, 1.54) is 6.42 Å². The first-order valence-electron chi connectivity index (χ1n) is 10.7. The first kappa shape index (κ1) is 19.1. The lowest BCUT2D eigenvalue weighted by atomic mass is 9.49. The molecule has 4 saturated carbocycles. The molecule has 0 spiro atoms. The molecule has 4 aliphatic rings. The number of carbonyl (C=O) groups is 1. The fourth-order valence-corrected chi connectivity index (χ4v) is 6.85. The van der Waals surface area contributed by atoms with Crippen LogP contribution >= 0.6 is 11.6 Å². The van der Waals surface area contributed by atoms with Crippen LogP contribution in [-0.4, -0.2) is 27.2 Å². The van der Waals surface area contributed by atoms with Crippen LogP contribution in [0.5, 0.6) is 0 Å². The van der Waals surface area contributed by atoms with E-state index in [2.05, 4.69) is 22.5 Å². The van der Waals surface area contributed by atoms with E-state index in [9.17, 15) is 4.79 Å². The lowest BCUT2D eigenvalue weighted by molar-refractivity contribution is -0.138. The van der Waals surface area contributed by atoms with Gasteiger partial charge in [0.1, 0.15) is 0 Å². The predicted octanol–water partition coefficient (Wildman–Crippen LogP) is 4.62. The van der Waals surface area contributed by atoms with Crippen LogP contribution in [0.3, 0.4) is 0 Å². The van der Waals surface area contributed by atoms with Gasteiger partial charge in [-0.2, -0.15) is 5.10 Å². The van der Waals surface area contributed by atoms with Crippen molar-refractivity contribution < 1.29 is 9.53 Å². The second kappa shape index (κ2) is 7.44. The third-order valence-electron chi connectivity index (χ3n) is 6.94. The number of hydrogen-bond donors (Lipinski definition) is 1. The molecule has 6 heteroatoms. The molecule has 1 heterocycles. The van der Waals surface area contributed by atoms with Gasteiger partial charge in [-0.05, 0) is 55.9 Å². The summed E-state index contributed by atoms with van der Waals surface area (Å²) in [6.07, 6.45) is 9.84. The van der Waals surface area contributed by atoms with Crippen LogP contribution < -0.4 is 5.32 Å². The van der Waals surface area contributed by atoms with Crippen LogP contribution in [0.15, 0.2) is 42.7 Å². The van der Waals surface area contributed by atoms with Crippen LogP contribution in [0.1, 0.15) is 44.1 Å². The molecule has 4 fully saturated rings. The highest BCUT2D eigenvalue weighted by atomic mass is 35.5. The van der Waals surface area contributed by atoms with E-state index in [-0.39, 0.29) is 16.2 Å². The quantitative estimate of drug-likeness (QED) is 0.532. The van der Waals surface area contributed by atoms with E-state index in [1.54, 1.807) is 6.20 Å². The molecule has 2 aromatic rings. The number of ether oxygens (including phenoxy) is 1. The molecule has 1 N–H and O–H groups in total. The molecule has 4 aliphatic carbocycles. The molecule has 1 amide bonds. The Morgan fingerprint density at radius 2 is 1.97 bits per heavy atom. The van der Waals surface area contributed by atoms with E-state index in [0.29, 0.717) is 31.6 Å². The number of rotatable bonds is 7. The Bertz CT molecular complexity index is 867. The van der Waals surface area contributed by atoms with Crippen molar-refractivity contribution in [1.82, 2.24) is 9.78 Å². The second-order valence-electron chi connectivity index (χ2n) is 9.38. The zero-order valence-corrected chi connectivity index (χ0v) is 17.4. The Labute approximate surface area is 176 Å². The number of halogens is 1. The minimum atomic E-state index is -0.285. The fourth-order valence-electron chi connectivity index (χ4n) is 6.15. The summed E-state index contributed by atoms with van der Waals surface area (Å²) in [5.41, 5.74) is 1.64. The molecule has 2 unspecified atom stereocenters. The van der Waals surface area contributed by atoms with E-state index in [1.807, 2.05) is 29.1 Å². The van der Waals surface area contributed by atoms with Crippen molar-refractivity contribution in [2.45, 2.75) is 56.6 Å². The summed E-state index contributed by atoms with van der Waals surface area (Å²) in [6.45, 7) is 1.82. The normalized spacial score (nSPS) is 32.4. The molecule has 6 rings (SSSR count). The van der Waals surface area contributed by atoms with Gasteiger partial charge in [0.05, 0.1) is 37.1 Å². The largest absolute Gasteiger partial charge is 0.375 e. The summed E-state index contributed by atoms with van der Waals surface area (Å²) in [5.74, 6) is 1.37. The molecule has 29 heavy (non-hydrogen) atoms. The van der Waals surface area contributed by atoms with Gasteiger partial charge in [-0.15, -0.1) is 11.6 Å². The van der Waals surface area contributed by atoms with Gasteiger partial charge in [-0.25, -0.2) is 0 Å². The highest BCUT2D eigenvalue weighted by molar-refractivity contribution is 6.24. The monoisotopic (exact) mass is 413 g/mol. The Morgan fingerprint density at radius 1 is 1.21 bits per heavy atom. The Kier molecular flexibility index (Phi) is 4.91. The zero-order chi connectivity index (χ0) is 19.9. The topological polar surface area (TPSA) is 56.2 Å². The standard InChI is InChI=1S/C23H28ClN3O2/c24-23-11-18-8-19(12-23)10-22(9-18,16-23)21(28)26-20-13-25-27(14-20)6-7-29-15-17-4-2-1-3-5-17/h1-5,13-14,18-19H,6-12,15-16H2,(H,26,28)/t18-,19+,22?,23?. The van der Waals surface area contributed by atoms with E-state index >= 15 is 0 Å². The smallest absolute Gasteiger partial charge is 0.230 e. The highest BCUT2D eigenvalue weighted by Gasteiger charge is 2.60. The minimum Gasteiger partial charge on any atom is -0.375 e. The number of nitrogens with one attached hydrogen (secondary N) is 1. The maximum Gasteiger partial charge on any atom is 0.230 e. The lowest BCUT2D eigenvalue weighted by Crippen LogP contribution is -2.57. The number of nitrogens with zero attached hydrogens (tertiary/aromatic N) is 2. The highest BCUT2D eigenvalue weighted by Crippen LogP contribution is 2.64. The Morgan fingerprint density at radius 3 is 2.69 bits per heavy atom. The number of alkyl halides is 1. The van der Waals surface area contributed by atoms with Crippen molar-refractivity contribution in [1.29, 1.82) is 0 Å². The van der Waals surface area contributed by atoms with Gasteiger partial charge >= 0.3 is 0 Å². The van der Waals surface area contributed by atoms with E-state index in [0.717, 1.165) is 43.4 Å². The number of hydrogen-bond acceptors (Lipinski definition) is 3. The van der Waals surface area contributed by atoms with Crippen molar-refractivity contribution in [2.75, 3.05) is 11.9 Å². The number of anilines is 1. The lowest BCUT2D eigenvalue weighted by Gasteiger charge is -2.59. The third kappa shape index (κ3) is 3.95.